The van der Waals surface area contributed by atoms with Crippen LogP contribution in [-0.2, 0) is 4.79 Å². The molecule has 21 heavy (non-hydrogen) atoms. The van der Waals surface area contributed by atoms with E-state index in [-0.39, 0.29) is 6.04 Å². The van der Waals surface area contributed by atoms with Crippen LogP contribution in [0.25, 0.3) is 0 Å². The van der Waals surface area contributed by atoms with Crippen LogP contribution in [0.4, 0.5) is 0 Å². The van der Waals surface area contributed by atoms with E-state index in [4.69, 9.17) is 11.6 Å². The molecular formula is C17H34ClNO2. The number of hydrogen-bond donors (Lipinski definition) is 0. The van der Waals surface area contributed by atoms with E-state index in [1.807, 2.05) is 21.1 Å². The van der Waals surface area contributed by atoms with Crippen molar-refractivity contribution < 1.29 is 14.4 Å². The molecule has 0 aromatic carbocycles. The zero-order chi connectivity index (χ0) is 16.1. The first-order valence-electron chi connectivity index (χ1n) is 8.47. The topological polar surface area (TPSA) is 40.1 Å². The molecule has 0 aromatic rings. The number of carbonyl (C=O) groups excluding carboxylic acids is 1. The number of rotatable bonds is 14. The van der Waals surface area contributed by atoms with Crippen molar-refractivity contribution in [1.29, 1.82) is 0 Å². The Hall–Kier alpha value is -0.280. The average Bonchev–Trinajstić information content (AvgIpc) is 2.38. The van der Waals surface area contributed by atoms with E-state index in [1.54, 1.807) is 0 Å². The number of halogens is 1. The third kappa shape index (κ3) is 12.0. The highest BCUT2D eigenvalue weighted by molar-refractivity contribution is 6.17. The summed E-state index contributed by atoms with van der Waals surface area (Å²) in [5.74, 6) is -0.125. The number of aliphatic carboxylic acids is 1. The minimum atomic E-state index is -0.917. The fraction of sp³-hybridized carbons (Fsp3) is 0.941. The van der Waals surface area contributed by atoms with Crippen molar-refractivity contribution >= 4 is 17.6 Å². The zero-order valence-electron chi connectivity index (χ0n) is 14.2. The van der Waals surface area contributed by atoms with Crippen molar-refractivity contribution in [2.24, 2.45) is 0 Å². The molecule has 0 aromatic heterocycles. The fourth-order valence-corrected chi connectivity index (χ4v) is 2.86. The third-order valence-corrected chi connectivity index (χ3v) is 4.34. The largest absolute Gasteiger partial charge is 0.544 e. The highest BCUT2D eigenvalue weighted by Gasteiger charge is 2.24. The Morgan fingerprint density at radius 1 is 0.857 bits per heavy atom. The summed E-state index contributed by atoms with van der Waals surface area (Å²) in [6.45, 7) is 0. The summed E-state index contributed by atoms with van der Waals surface area (Å²) in [5.41, 5.74) is 0. The van der Waals surface area contributed by atoms with Gasteiger partial charge in [-0.25, -0.2) is 0 Å². The van der Waals surface area contributed by atoms with Crippen LogP contribution in [0, 0.1) is 0 Å². The maximum Gasteiger partial charge on any atom is 0.129 e. The summed E-state index contributed by atoms with van der Waals surface area (Å²) in [7, 11) is 5.76. The van der Waals surface area contributed by atoms with E-state index in [1.165, 1.54) is 44.9 Å². The second-order valence-corrected chi connectivity index (χ2v) is 7.34. The number of alkyl halides is 1. The standard InChI is InChI=1S/C17H34ClNO2/c1-19(2,3)16(17(20)21)14-12-10-8-6-4-5-7-9-11-13-15-18/h16H,4-15H2,1-3H3. The number of carboxylic acid groups (broad SMARTS) is 1. The molecule has 126 valence electrons. The summed E-state index contributed by atoms with van der Waals surface area (Å²) in [5, 5.41) is 11.1. The molecule has 0 saturated heterocycles. The van der Waals surface area contributed by atoms with E-state index < -0.39 is 5.97 Å². The lowest BCUT2D eigenvalue weighted by molar-refractivity contribution is -0.889. The Bertz CT molecular complexity index is 264. The van der Waals surface area contributed by atoms with Crippen molar-refractivity contribution in [3.05, 3.63) is 0 Å². The number of quaternary nitrogens is 1. The Morgan fingerprint density at radius 3 is 1.57 bits per heavy atom. The Labute approximate surface area is 136 Å². The molecule has 0 radical (unpaired) electrons. The first-order valence-corrected chi connectivity index (χ1v) is 9.01. The van der Waals surface area contributed by atoms with Crippen LogP contribution >= 0.6 is 11.6 Å². The molecule has 0 bridgehead atoms. The number of carbonyl (C=O) groups is 1. The van der Waals surface area contributed by atoms with Gasteiger partial charge in [0.15, 0.2) is 0 Å². The molecule has 1 atom stereocenters. The van der Waals surface area contributed by atoms with Gasteiger partial charge >= 0.3 is 0 Å². The lowest BCUT2D eigenvalue weighted by Crippen LogP contribution is -2.54. The van der Waals surface area contributed by atoms with E-state index in [2.05, 4.69) is 0 Å². The molecular weight excluding hydrogens is 286 g/mol. The van der Waals surface area contributed by atoms with Gasteiger partial charge < -0.3 is 14.4 Å². The molecule has 4 heteroatoms. The van der Waals surface area contributed by atoms with Crippen LogP contribution < -0.4 is 5.11 Å². The molecule has 0 heterocycles. The highest BCUT2D eigenvalue weighted by atomic mass is 35.5. The second-order valence-electron chi connectivity index (χ2n) is 6.96. The summed E-state index contributed by atoms with van der Waals surface area (Å²) in [6.07, 6.45) is 13.0. The first kappa shape index (κ1) is 20.7. The second kappa shape index (κ2) is 12.3. The minimum absolute atomic E-state index is 0.382. The van der Waals surface area contributed by atoms with Gasteiger partial charge in [-0.15, -0.1) is 11.6 Å². The quantitative estimate of drug-likeness (QED) is 0.280. The predicted molar refractivity (Wildman–Crippen MR) is 88.3 cm³/mol. The number of carboxylic acids is 1. The first-order chi connectivity index (χ1) is 9.89. The zero-order valence-corrected chi connectivity index (χ0v) is 15.0. The molecule has 0 aliphatic rings. The van der Waals surface area contributed by atoms with Crippen LogP contribution in [0.5, 0.6) is 0 Å². The summed E-state index contributed by atoms with van der Waals surface area (Å²) >= 11 is 5.64. The van der Waals surface area contributed by atoms with Crippen molar-refractivity contribution in [3.63, 3.8) is 0 Å². The predicted octanol–water partition coefficient (Wildman–Crippen LogP) is 3.34. The van der Waals surface area contributed by atoms with E-state index in [0.29, 0.717) is 4.48 Å². The lowest BCUT2D eigenvalue weighted by atomic mass is 10.0. The lowest BCUT2D eigenvalue weighted by Gasteiger charge is -2.34. The van der Waals surface area contributed by atoms with Gasteiger partial charge in [-0.2, -0.15) is 0 Å². The van der Waals surface area contributed by atoms with Gasteiger partial charge in [-0.05, 0) is 12.8 Å². The molecule has 0 rings (SSSR count). The van der Waals surface area contributed by atoms with Crippen LogP contribution in [0.3, 0.4) is 0 Å². The van der Waals surface area contributed by atoms with Crippen molar-refractivity contribution in [1.82, 2.24) is 0 Å². The van der Waals surface area contributed by atoms with E-state index in [0.717, 1.165) is 31.6 Å². The van der Waals surface area contributed by atoms with Gasteiger partial charge in [0, 0.05) is 12.3 Å². The van der Waals surface area contributed by atoms with Crippen molar-refractivity contribution in [3.8, 4) is 0 Å². The monoisotopic (exact) mass is 319 g/mol. The summed E-state index contributed by atoms with van der Waals surface area (Å²) < 4.78 is 0.449. The van der Waals surface area contributed by atoms with Crippen molar-refractivity contribution in [2.45, 2.75) is 76.7 Å². The molecule has 0 amide bonds. The van der Waals surface area contributed by atoms with Crippen molar-refractivity contribution in [2.75, 3.05) is 27.0 Å². The minimum Gasteiger partial charge on any atom is -0.544 e. The fourth-order valence-electron chi connectivity index (χ4n) is 2.67. The molecule has 0 fully saturated rings. The average molecular weight is 320 g/mol. The normalized spacial score (nSPS) is 13.3. The maximum atomic E-state index is 11.1. The van der Waals surface area contributed by atoms with E-state index >= 15 is 0 Å². The highest BCUT2D eigenvalue weighted by Crippen LogP contribution is 2.15. The summed E-state index contributed by atoms with van der Waals surface area (Å²) in [4.78, 5) is 11.1. The SMILES string of the molecule is C[N+](C)(C)C(CCCCCCCCCCCCCl)C(=O)[O-]. The van der Waals surface area contributed by atoms with Gasteiger partial charge in [-0.1, -0.05) is 51.4 Å². The maximum absolute atomic E-state index is 11.1. The number of unbranched alkanes of at least 4 members (excludes halogenated alkanes) is 9. The van der Waals surface area contributed by atoms with Gasteiger partial charge in [0.25, 0.3) is 0 Å². The molecule has 0 saturated carbocycles. The Morgan fingerprint density at radius 2 is 1.24 bits per heavy atom. The number of likely N-dealkylation sites (N-methyl/N-ethyl adjacent to an activating group) is 1. The van der Waals surface area contributed by atoms with Gasteiger partial charge in [-0.3, -0.25) is 0 Å². The molecule has 1 unspecified atom stereocenters. The van der Waals surface area contributed by atoms with Crippen LogP contribution in [0.15, 0.2) is 0 Å². The Kier molecular flexibility index (Phi) is 12.1. The van der Waals surface area contributed by atoms with E-state index in [9.17, 15) is 9.90 Å². The van der Waals surface area contributed by atoms with Crippen LogP contribution in [-0.4, -0.2) is 43.5 Å². The third-order valence-electron chi connectivity index (χ3n) is 4.07. The van der Waals surface area contributed by atoms with Gasteiger partial charge in [0.2, 0.25) is 0 Å². The summed E-state index contributed by atoms with van der Waals surface area (Å²) in [6, 6.07) is -0.382. The number of hydrogen-bond acceptors (Lipinski definition) is 2. The molecule has 3 nitrogen and oxygen atoms in total. The molecule has 0 spiro atoms. The number of nitrogens with zero attached hydrogens (tertiary/aromatic N) is 1. The van der Waals surface area contributed by atoms with Crippen LogP contribution in [0.2, 0.25) is 0 Å². The molecule has 0 aliphatic heterocycles. The molecule has 0 N–H and O–H groups in total. The van der Waals surface area contributed by atoms with Gasteiger partial charge in [0.1, 0.15) is 6.04 Å². The Balaban J connectivity index is 3.45. The molecule has 0 aliphatic carbocycles. The van der Waals surface area contributed by atoms with Gasteiger partial charge in [0.05, 0.1) is 27.1 Å². The van der Waals surface area contributed by atoms with Crippen LogP contribution in [0.1, 0.15) is 70.6 Å². The smallest absolute Gasteiger partial charge is 0.129 e.